The molecule has 1 rings (SSSR count). The monoisotopic (exact) mass is 237 g/mol. The lowest BCUT2D eigenvalue weighted by Crippen LogP contribution is -2.24. The molecule has 0 saturated heterocycles. The molecule has 0 fully saturated rings. The highest BCUT2D eigenvalue weighted by atomic mass is 15.1. The zero-order valence-electron chi connectivity index (χ0n) is 11.4. The van der Waals surface area contributed by atoms with E-state index in [0.29, 0.717) is 12.0 Å². The highest BCUT2D eigenvalue weighted by molar-refractivity contribution is 5.46. The summed E-state index contributed by atoms with van der Waals surface area (Å²) >= 11 is 0. The van der Waals surface area contributed by atoms with E-state index in [1.165, 1.54) is 0 Å². The zero-order chi connectivity index (χ0) is 12.8. The molecule has 0 aliphatic carbocycles. The van der Waals surface area contributed by atoms with Crippen molar-refractivity contribution in [3.8, 4) is 0 Å². The lowest BCUT2D eigenvalue weighted by molar-refractivity contribution is 0.390. The second-order valence-corrected chi connectivity index (χ2v) is 4.61. The van der Waals surface area contributed by atoms with Gasteiger partial charge in [0.25, 0.3) is 0 Å². The Labute approximate surface area is 104 Å². The van der Waals surface area contributed by atoms with Gasteiger partial charge in [-0.2, -0.15) is 4.98 Å². The molecule has 2 N–H and O–H groups in total. The maximum Gasteiger partial charge on any atom is 0.224 e. The fourth-order valence-corrected chi connectivity index (χ4v) is 1.47. The summed E-state index contributed by atoms with van der Waals surface area (Å²) in [4.78, 5) is 10.8. The maximum absolute atomic E-state index is 4.41. The third-order valence-corrected chi connectivity index (χ3v) is 2.59. The van der Waals surface area contributed by atoms with Crippen LogP contribution in [0.4, 0.5) is 11.8 Å². The maximum atomic E-state index is 4.41. The van der Waals surface area contributed by atoms with Crippen LogP contribution in [-0.2, 0) is 0 Å². The van der Waals surface area contributed by atoms with Crippen molar-refractivity contribution in [2.24, 2.45) is 0 Å². The van der Waals surface area contributed by atoms with Crippen LogP contribution >= 0.6 is 0 Å². The lowest BCUT2D eigenvalue weighted by atomic mass is 10.2. The molecule has 0 spiro atoms. The van der Waals surface area contributed by atoms with E-state index in [9.17, 15) is 0 Å². The van der Waals surface area contributed by atoms with Gasteiger partial charge in [0.05, 0.1) is 0 Å². The first kappa shape index (κ1) is 13.7. The zero-order valence-corrected chi connectivity index (χ0v) is 11.4. The van der Waals surface area contributed by atoms with Crippen LogP contribution in [-0.4, -0.2) is 48.6 Å². The van der Waals surface area contributed by atoms with Crippen molar-refractivity contribution >= 4 is 11.8 Å². The van der Waals surface area contributed by atoms with Crippen LogP contribution in [0.2, 0.25) is 0 Å². The molecule has 1 atom stereocenters. The molecule has 0 aliphatic heterocycles. The highest BCUT2D eigenvalue weighted by Gasteiger charge is 2.07. The molecule has 17 heavy (non-hydrogen) atoms. The van der Waals surface area contributed by atoms with Crippen LogP contribution in [0, 0.1) is 6.92 Å². The van der Waals surface area contributed by atoms with E-state index >= 15 is 0 Å². The molecule has 0 radical (unpaired) electrons. The minimum absolute atomic E-state index is 0.399. The molecule has 0 saturated carbocycles. The Morgan fingerprint density at radius 3 is 2.71 bits per heavy atom. The summed E-state index contributed by atoms with van der Waals surface area (Å²) in [6, 6.07) is 0.399. The van der Waals surface area contributed by atoms with Crippen LogP contribution in [0.25, 0.3) is 0 Å². The summed E-state index contributed by atoms with van der Waals surface area (Å²) in [5, 5.41) is 6.37. The highest BCUT2D eigenvalue weighted by Crippen LogP contribution is 2.14. The Hall–Kier alpha value is -1.36. The van der Waals surface area contributed by atoms with E-state index in [0.717, 1.165) is 24.3 Å². The van der Waals surface area contributed by atoms with Gasteiger partial charge >= 0.3 is 0 Å². The van der Waals surface area contributed by atoms with Crippen LogP contribution in [0.5, 0.6) is 0 Å². The molecular formula is C12H23N5. The van der Waals surface area contributed by atoms with Crippen molar-refractivity contribution in [3.63, 3.8) is 0 Å². The molecule has 1 aromatic heterocycles. The van der Waals surface area contributed by atoms with Gasteiger partial charge in [-0.3, -0.25) is 0 Å². The van der Waals surface area contributed by atoms with Crippen LogP contribution in [0.1, 0.15) is 18.9 Å². The molecule has 5 heteroatoms. The number of aryl methyl sites for hydroxylation is 1. The van der Waals surface area contributed by atoms with Gasteiger partial charge in [-0.05, 0) is 40.9 Å². The number of aromatic nitrogens is 2. The van der Waals surface area contributed by atoms with Gasteiger partial charge in [0.2, 0.25) is 5.95 Å². The summed E-state index contributed by atoms with van der Waals surface area (Å²) < 4.78 is 0. The normalized spacial score (nSPS) is 12.6. The Morgan fingerprint density at radius 2 is 2.12 bits per heavy atom. The molecule has 96 valence electrons. The fraction of sp³-hybridized carbons (Fsp3) is 0.667. The number of anilines is 2. The molecular weight excluding hydrogens is 214 g/mol. The van der Waals surface area contributed by atoms with Crippen molar-refractivity contribution in [3.05, 3.63) is 11.8 Å². The summed E-state index contributed by atoms with van der Waals surface area (Å²) in [5.74, 6) is 1.56. The number of nitrogens with one attached hydrogen (secondary N) is 2. The number of hydrogen-bond donors (Lipinski definition) is 2. The second-order valence-electron chi connectivity index (χ2n) is 4.61. The van der Waals surface area contributed by atoms with Crippen LogP contribution < -0.4 is 10.6 Å². The average Bonchev–Trinajstić information content (AvgIpc) is 2.29. The molecule has 1 heterocycles. The predicted molar refractivity (Wildman–Crippen MR) is 72.6 cm³/mol. The second kappa shape index (κ2) is 6.39. The topological polar surface area (TPSA) is 53.1 Å². The van der Waals surface area contributed by atoms with Gasteiger partial charge < -0.3 is 15.5 Å². The van der Waals surface area contributed by atoms with Gasteiger partial charge in [-0.25, -0.2) is 4.98 Å². The standard InChI is InChI=1S/C12H23N5/c1-9-8-14-12(13-3)16-11(9)15-10(2)6-7-17(4)5/h8,10H,6-7H2,1-5H3,(H2,13,14,15,16). The molecule has 0 bridgehead atoms. The van der Waals surface area contributed by atoms with Gasteiger partial charge in [-0.1, -0.05) is 0 Å². The third-order valence-electron chi connectivity index (χ3n) is 2.59. The van der Waals surface area contributed by atoms with E-state index in [1.54, 1.807) is 0 Å². The SMILES string of the molecule is CNc1ncc(C)c(NC(C)CCN(C)C)n1. The number of nitrogens with zero attached hydrogens (tertiary/aromatic N) is 3. The number of rotatable bonds is 6. The quantitative estimate of drug-likeness (QED) is 0.786. The number of hydrogen-bond acceptors (Lipinski definition) is 5. The average molecular weight is 237 g/mol. The molecule has 0 aliphatic rings. The van der Waals surface area contributed by atoms with E-state index < -0.39 is 0 Å². The Kier molecular flexibility index (Phi) is 5.15. The largest absolute Gasteiger partial charge is 0.367 e. The third kappa shape index (κ3) is 4.56. The lowest BCUT2D eigenvalue weighted by Gasteiger charge is -2.18. The predicted octanol–water partition coefficient (Wildman–Crippen LogP) is 1.58. The summed E-state index contributed by atoms with van der Waals surface area (Å²) in [6.07, 6.45) is 2.92. The Morgan fingerprint density at radius 1 is 1.41 bits per heavy atom. The van der Waals surface area contributed by atoms with Crippen molar-refractivity contribution < 1.29 is 0 Å². The van der Waals surface area contributed by atoms with E-state index in [4.69, 9.17) is 0 Å². The van der Waals surface area contributed by atoms with Gasteiger partial charge in [-0.15, -0.1) is 0 Å². The fourth-order valence-electron chi connectivity index (χ4n) is 1.47. The molecule has 1 aromatic rings. The summed E-state index contributed by atoms with van der Waals surface area (Å²) in [6.45, 7) is 5.25. The summed E-state index contributed by atoms with van der Waals surface area (Å²) in [5.41, 5.74) is 1.07. The van der Waals surface area contributed by atoms with Crippen molar-refractivity contribution in [1.82, 2.24) is 14.9 Å². The minimum Gasteiger partial charge on any atom is -0.367 e. The van der Waals surface area contributed by atoms with E-state index in [2.05, 4.69) is 46.5 Å². The first-order valence-electron chi connectivity index (χ1n) is 5.95. The Balaban J connectivity index is 2.60. The van der Waals surface area contributed by atoms with E-state index in [-0.39, 0.29) is 0 Å². The summed E-state index contributed by atoms with van der Waals surface area (Å²) in [7, 11) is 5.99. The van der Waals surface area contributed by atoms with Gasteiger partial charge in [0.1, 0.15) is 5.82 Å². The van der Waals surface area contributed by atoms with E-state index in [1.807, 2.05) is 20.2 Å². The molecule has 0 amide bonds. The molecule has 5 nitrogen and oxygen atoms in total. The van der Waals surface area contributed by atoms with Crippen LogP contribution in [0.3, 0.4) is 0 Å². The van der Waals surface area contributed by atoms with Gasteiger partial charge in [0, 0.05) is 24.8 Å². The van der Waals surface area contributed by atoms with Crippen LogP contribution in [0.15, 0.2) is 6.20 Å². The first-order valence-corrected chi connectivity index (χ1v) is 5.95. The van der Waals surface area contributed by atoms with Gasteiger partial charge in [0.15, 0.2) is 0 Å². The molecule has 1 unspecified atom stereocenters. The first-order chi connectivity index (χ1) is 8.02. The van der Waals surface area contributed by atoms with Crippen molar-refractivity contribution in [2.75, 3.05) is 38.3 Å². The van der Waals surface area contributed by atoms with Crippen molar-refractivity contribution in [1.29, 1.82) is 0 Å². The minimum atomic E-state index is 0.399. The smallest absolute Gasteiger partial charge is 0.224 e. The van der Waals surface area contributed by atoms with Crippen molar-refractivity contribution in [2.45, 2.75) is 26.3 Å². The molecule has 0 aromatic carbocycles. The Bertz CT molecular complexity index is 351.